The summed E-state index contributed by atoms with van der Waals surface area (Å²) in [5.41, 5.74) is 0.958. The molecule has 0 aromatic carbocycles. The molecule has 0 spiro atoms. The Morgan fingerprint density at radius 1 is 1.22 bits per heavy atom. The van der Waals surface area contributed by atoms with Crippen LogP contribution in [0.5, 0.6) is 0 Å². The Labute approximate surface area is 112 Å². The smallest absolute Gasteiger partial charge is 0.337 e. The number of hydrogen-bond acceptors (Lipinski definition) is 5. The summed E-state index contributed by atoms with van der Waals surface area (Å²) in [6, 6.07) is 3.18. The summed E-state index contributed by atoms with van der Waals surface area (Å²) >= 11 is 7.08. The first-order chi connectivity index (χ1) is 8.65. The first kappa shape index (κ1) is 12.8. The van der Waals surface area contributed by atoms with Gasteiger partial charge in [-0.2, -0.15) is 0 Å². The zero-order valence-electron chi connectivity index (χ0n) is 9.08. The molecule has 2 aromatic heterocycles. The van der Waals surface area contributed by atoms with E-state index < -0.39 is 5.97 Å². The maximum Gasteiger partial charge on any atom is 0.337 e. The van der Waals surface area contributed by atoms with Crippen molar-refractivity contribution in [1.29, 1.82) is 0 Å². The molecule has 0 atom stereocenters. The molecule has 2 rings (SSSR count). The van der Waals surface area contributed by atoms with Gasteiger partial charge in [-0.05, 0) is 12.1 Å². The van der Waals surface area contributed by atoms with Crippen LogP contribution in [-0.4, -0.2) is 26.0 Å². The van der Waals surface area contributed by atoms with E-state index in [0.717, 1.165) is 10.7 Å². The fourth-order valence-electron chi connectivity index (χ4n) is 1.15. The van der Waals surface area contributed by atoms with Gasteiger partial charge in [-0.3, -0.25) is 4.98 Å². The number of aromatic nitrogens is 3. The number of nitrogens with zero attached hydrogens (tertiary/aromatic N) is 3. The molecule has 2 aromatic rings. The average Bonchev–Trinajstić information content (AvgIpc) is 2.38. The number of thioether (sulfide) groups is 1. The van der Waals surface area contributed by atoms with Crippen molar-refractivity contribution in [3.05, 3.63) is 47.1 Å². The lowest BCUT2D eigenvalue weighted by Crippen LogP contribution is -1.97. The lowest BCUT2D eigenvalue weighted by molar-refractivity contribution is 0.0696. The van der Waals surface area contributed by atoms with Gasteiger partial charge in [0.1, 0.15) is 5.15 Å². The predicted molar refractivity (Wildman–Crippen MR) is 67.8 cm³/mol. The largest absolute Gasteiger partial charge is 0.478 e. The molecule has 2 heterocycles. The van der Waals surface area contributed by atoms with Gasteiger partial charge in [0.25, 0.3) is 0 Å². The normalized spacial score (nSPS) is 10.3. The number of hydrogen-bond donors (Lipinski definition) is 1. The van der Waals surface area contributed by atoms with Crippen LogP contribution in [0.1, 0.15) is 16.1 Å². The molecule has 18 heavy (non-hydrogen) atoms. The maximum atomic E-state index is 10.6. The Kier molecular flexibility index (Phi) is 4.11. The molecule has 0 fully saturated rings. The average molecular weight is 282 g/mol. The molecule has 0 aliphatic carbocycles. The van der Waals surface area contributed by atoms with Gasteiger partial charge in [0, 0.05) is 11.9 Å². The molecule has 0 amide bonds. The van der Waals surface area contributed by atoms with Crippen molar-refractivity contribution in [3.8, 4) is 0 Å². The van der Waals surface area contributed by atoms with Gasteiger partial charge in [-0.1, -0.05) is 23.4 Å². The molecule has 0 radical (unpaired) electrons. The number of carboxylic acid groups (broad SMARTS) is 1. The van der Waals surface area contributed by atoms with Gasteiger partial charge >= 0.3 is 5.97 Å². The highest BCUT2D eigenvalue weighted by molar-refractivity contribution is 7.98. The first-order valence-corrected chi connectivity index (χ1v) is 6.30. The predicted octanol–water partition coefficient (Wildman–Crippen LogP) is 2.52. The van der Waals surface area contributed by atoms with E-state index in [1.165, 1.54) is 30.2 Å². The topological polar surface area (TPSA) is 76.0 Å². The summed E-state index contributed by atoms with van der Waals surface area (Å²) in [4.78, 5) is 22.7. The summed E-state index contributed by atoms with van der Waals surface area (Å²) in [5, 5.41) is 9.82. The first-order valence-electron chi connectivity index (χ1n) is 4.94. The number of carbonyl (C=O) groups is 1. The highest BCUT2D eigenvalue weighted by Gasteiger charge is 2.04. The van der Waals surface area contributed by atoms with E-state index in [1.807, 2.05) is 0 Å². The van der Waals surface area contributed by atoms with Crippen LogP contribution in [0.3, 0.4) is 0 Å². The molecule has 0 saturated carbocycles. The van der Waals surface area contributed by atoms with Crippen LogP contribution >= 0.6 is 23.4 Å². The van der Waals surface area contributed by atoms with Gasteiger partial charge in [0.15, 0.2) is 0 Å². The van der Waals surface area contributed by atoms with Crippen molar-refractivity contribution in [3.63, 3.8) is 0 Å². The van der Waals surface area contributed by atoms with Crippen molar-refractivity contribution < 1.29 is 9.90 Å². The fraction of sp³-hybridized carbons (Fsp3) is 0.0909. The summed E-state index contributed by atoms with van der Waals surface area (Å²) in [7, 11) is 0. The minimum atomic E-state index is -0.984. The Hall–Kier alpha value is -1.66. The molecular formula is C11H8ClN3O2S. The van der Waals surface area contributed by atoms with Crippen molar-refractivity contribution >= 4 is 29.3 Å². The Morgan fingerprint density at radius 3 is 2.61 bits per heavy atom. The Bertz CT molecular complexity index is 545. The zero-order valence-corrected chi connectivity index (χ0v) is 10.6. The molecule has 1 N–H and O–H groups in total. The second-order valence-corrected chi connectivity index (χ2v) is 4.69. The van der Waals surface area contributed by atoms with Crippen LogP contribution in [0.15, 0.2) is 35.7 Å². The van der Waals surface area contributed by atoms with Gasteiger partial charge in [0.2, 0.25) is 0 Å². The molecule has 0 bridgehead atoms. The molecule has 92 valence electrons. The second kappa shape index (κ2) is 5.79. The molecule has 0 aliphatic rings. The highest BCUT2D eigenvalue weighted by atomic mass is 35.5. The zero-order chi connectivity index (χ0) is 13.0. The van der Waals surface area contributed by atoms with Gasteiger partial charge in [-0.25, -0.2) is 14.8 Å². The summed E-state index contributed by atoms with van der Waals surface area (Å²) in [6.07, 6.45) is 4.41. The highest BCUT2D eigenvalue weighted by Crippen LogP contribution is 2.19. The van der Waals surface area contributed by atoms with Crippen molar-refractivity contribution in [2.24, 2.45) is 0 Å². The Balaban J connectivity index is 1.97. The lowest BCUT2D eigenvalue weighted by Gasteiger charge is -2.01. The summed E-state index contributed by atoms with van der Waals surface area (Å²) < 4.78 is 0. The van der Waals surface area contributed by atoms with E-state index in [1.54, 1.807) is 12.3 Å². The molecule has 7 heteroatoms. The number of carboxylic acids is 1. The summed E-state index contributed by atoms with van der Waals surface area (Å²) in [5.74, 6) is -0.383. The van der Waals surface area contributed by atoms with E-state index in [0.29, 0.717) is 10.9 Å². The number of halogens is 1. The van der Waals surface area contributed by atoms with E-state index >= 15 is 0 Å². The van der Waals surface area contributed by atoms with E-state index in [9.17, 15) is 4.79 Å². The van der Waals surface area contributed by atoms with Crippen LogP contribution in [-0.2, 0) is 5.75 Å². The van der Waals surface area contributed by atoms with Crippen molar-refractivity contribution in [2.45, 2.75) is 10.8 Å². The monoisotopic (exact) mass is 281 g/mol. The third-order valence-corrected chi connectivity index (χ3v) is 3.20. The van der Waals surface area contributed by atoms with Crippen molar-refractivity contribution in [2.75, 3.05) is 0 Å². The van der Waals surface area contributed by atoms with Gasteiger partial charge in [0.05, 0.1) is 28.7 Å². The van der Waals surface area contributed by atoms with Crippen LogP contribution in [0, 0.1) is 0 Å². The third-order valence-electron chi connectivity index (χ3n) is 2.03. The van der Waals surface area contributed by atoms with Crippen LogP contribution in [0.2, 0.25) is 5.15 Å². The minimum Gasteiger partial charge on any atom is -0.478 e. The Morgan fingerprint density at radius 2 is 2.06 bits per heavy atom. The minimum absolute atomic E-state index is 0.172. The number of pyridine rings is 1. The summed E-state index contributed by atoms with van der Waals surface area (Å²) in [6.45, 7) is 0. The quantitative estimate of drug-likeness (QED) is 0.868. The van der Waals surface area contributed by atoms with E-state index in [-0.39, 0.29) is 5.56 Å². The molecule has 5 nitrogen and oxygen atoms in total. The number of rotatable bonds is 4. The lowest BCUT2D eigenvalue weighted by atomic mass is 10.3. The standard InChI is InChI=1S/C11H8ClN3O2S/c12-9-5-13-8(4-14-9)6-18-10-2-1-7(3-15-10)11(16)17/h1-5H,6H2,(H,16,17). The van der Waals surface area contributed by atoms with Crippen LogP contribution in [0.4, 0.5) is 0 Å². The molecular weight excluding hydrogens is 274 g/mol. The molecule has 0 saturated heterocycles. The molecule has 0 unspecified atom stereocenters. The van der Waals surface area contributed by atoms with E-state index in [2.05, 4.69) is 15.0 Å². The maximum absolute atomic E-state index is 10.6. The van der Waals surface area contributed by atoms with E-state index in [4.69, 9.17) is 16.7 Å². The second-order valence-electron chi connectivity index (χ2n) is 3.31. The fourth-order valence-corrected chi connectivity index (χ4v) is 1.99. The third kappa shape index (κ3) is 3.41. The SMILES string of the molecule is O=C(O)c1ccc(SCc2cnc(Cl)cn2)nc1. The van der Waals surface area contributed by atoms with Crippen LogP contribution < -0.4 is 0 Å². The van der Waals surface area contributed by atoms with Gasteiger partial charge < -0.3 is 5.11 Å². The van der Waals surface area contributed by atoms with Crippen LogP contribution in [0.25, 0.3) is 0 Å². The van der Waals surface area contributed by atoms with Crippen molar-refractivity contribution in [1.82, 2.24) is 15.0 Å². The van der Waals surface area contributed by atoms with Gasteiger partial charge in [-0.15, -0.1) is 0 Å². The molecule has 0 aliphatic heterocycles. The number of aromatic carboxylic acids is 1.